The first-order valence-corrected chi connectivity index (χ1v) is 11.7. The number of nitrogens with two attached hydrogens (primary N) is 1. The molecule has 3 rings (SSSR count). The van der Waals surface area contributed by atoms with E-state index in [4.69, 9.17) is 5.73 Å². The first-order chi connectivity index (χ1) is 14.1. The molecule has 0 bridgehead atoms. The fourth-order valence-electron chi connectivity index (χ4n) is 3.66. The Bertz CT molecular complexity index is 957. The smallest absolute Gasteiger partial charge is 0.318 e. The summed E-state index contributed by atoms with van der Waals surface area (Å²) in [6.45, 7) is 13.0. The number of hydrogen-bond donors (Lipinski definition) is 2. The van der Waals surface area contributed by atoms with Gasteiger partial charge in [-0.05, 0) is 49.1 Å². The number of primary amides is 1. The maximum atomic E-state index is 12.0. The highest BCUT2D eigenvalue weighted by Crippen LogP contribution is 2.42. The molecule has 2 atom stereocenters. The summed E-state index contributed by atoms with van der Waals surface area (Å²) in [4.78, 5) is 25.5. The molecule has 0 saturated carbocycles. The van der Waals surface area contributed by atoms with E-state index in [9.17, 15) is 9.59 Å². The topological polar surface area (TPSA) is 103 Å². The minimum atomic E-state index is -0.863. The van der Waals surface area contributed by atoms with Crippen LogP contribution in [0.3, 0.4) is 0 Å². The van der Waals surface area contributed by atoms with Crippen LogP contribution in [0.4, 0.5) is 4.79 Å². The zero-order valence-electron chi connectivity index (χ0n) is 17.9. The van der Waals surface area contributed by atoms with Crippen molar-refractivity contribution in [2.45, 2.75) is 63.9 Å². The van der Waals surface area contributed by atoms with Crippen molar-refractivity contribution in [1.29, 1.82) is 0 Å². The monoisotopic (exact) mass is 447 g/mol. The molecule has 0 radical (unpaired) electrons. The third-order valence-electron chi connectivity index (χ3n) is 5.45. The highest BCUT2D eigenvalue weighted by molar-refractivity contribution is 8.00. The van der Waals surface area contributed by atoms with Gasteiger partial charge in [0, 0.05) is 11.4 Å². The molecule has 0 saturated heterocycles. The second-order valence-electron chi connectivity index (χ2n) is 8.68. The van der Waals surface area contributed by atoms with Crippen molar-refractivity contribution < 1.29 is 9.59 Å². The van der Waals surface area contributed by atoms with Gasteiger partial charge in [-0.15, -0.1) is 28.1 Å². The minimum Gasteiger partial charge on any atom is -0.351 e. The van der Waals surface area contributed by atoms with E-state index in [-0.39, 0.29) is 0 Å². The van der Waals surface area contributed by atoms with Crippen molar-refractivity contribution in [2.24, 2.45) is 17.1 Å². The molecule has 162 valence electrons. The van der Waals surface area contributed by atoms with Crippen LogP contribution in [0.5, 0.6) is 0 Å². The number of nitrogens with one attached hydrogen (secondary N) is 1. The number of fused-ring (bicyclic) bond motifs is 1. The Balaban J connectivity index is 1.86. The summed E-state index contributed by atoms with van der Waals surface area (Å²) in [5, 5.41) is 10.9. The van der Waals surface area contributed by atoms with Crippen LogP contribution >= 0.6 is 23.1 Å². The van der Waals surface area contributed by atoms with Gasteiger partial charge in [-0.3, -0.25) is 14.7 Å². The summed E-state index contributed by atoms with van der Waals surface area (Å²) in [5.41, 5.74) is 6.76. The van der Waals surface area contributed by atoms with Crippen molar-refractivity contribution in [3.8, 4) is 10.7 Å². The number of rotatable bonds is 6. The molecule has 3 N–H and O–H groups in total. The molecule has 30 heavy (non-hydrogen) atoms. The van der Waals surface area contributed by atoms with Crippen LogP contribution in [0.1, 0.15) is 44.6 Å². The van der Waals surface area contributed by atoms with Crippen molar-refractivity contribution in [3.63, 3.8) is 0 Å². The summed E-state index contributed by atoms with van der Waals surface area (Å²) in [6.07, 6.45) is 5.19. The lowest BCUT2D eigenvalue weighted by atomic mass is 9.72. The van der Waals surface area contributed by atoms with Gasteiger partial charge in [0.25, 0.3) is 0 Å². The average Bonchev–Trinajstić information content (AvgIpc) is 3.24. The number of thioether (sulfide) groups is 1. The molecule has 9 heteroatoms. The zero-order chi connectivity index (χ0) is 22.1. The van der Waals surface area contributed by atoms with Crippen molar-refractivity contribution in [1.82, 2.24) is 20.1 Å². The Morgan fingerprint density at radius 1 is 1.47 bits per heavy atom. The minimum absolute atomic E-state index is 0.300. The summed E-state index contributed by atoms with van der Waals surface area (Å²) < 4.78 is 1.96. The van der Waals surface area contributed by atoms with Crippen LogP contribution in [0.2, 0.25) is 0 Å². The number of urea groups is 1. The molecule has 2 heterocycles. The molecule has 3 amide bonds. The Labute approximate surface area is 185 Å². The summed E-state index contributed by atoms with van der Waals surface area (Å²) in [7, 11) is 0. The number of carbonyl (C=O) groups is 2. The maximum Gasteiger partial charge on any atom is 0.318 e. The Hall–Kier alpha value is -2.13. The van der Waals surface area contributed by atoms with Gasteiger partial charge in [-0.2, -0.15) is 0 Å². The normalized spacial score (nSPS) is 17.3. The Morgan fingerprint density at radius 2 is 2.20 bits per heavy atom. The highest BCUT2D eigenvalue weighted by atomic mass is 32.2. The fourth-order valence-corrected chi connectivity index (χ4v) is 5.72. The van der Waals surface area contributed by atoms with Crippen LogP contribution in [0.15, 0.2) is 23.9 Å². The number of aromatic nitrogens is 3. The van der Waals surface area contributed by atoms with Crippen LogP contribution < -0.4 is 11.1 Å². The van der Waals surface area contributed by atoms with E-state index in [1.165, 1.54) is 28.6 Å². The van der Waals surface area contributed by atoms with E-state index in [1.54, 1.807) is 24.3 Å². The van der Waals surface area contributed by atoms with E-state index >= 15 is 0 Å². The van der Waals surface area contributed by atoms with Gasteiger partial charge < -0.3 is 5.73 Å². The summed E-state index contributed by atoms with van der Waals surface area (Å²) >= 11 is 3.02. The first kappa shape index (κ1) is 22.6. The van der Waals surface area contributed by atoms with E-state index in [2.05, 4.69) is 48.9 Å². The van der Waals surface area contributed by atoms with Gasteiger partial charge in [-0.1, -0.05) is 38.6 Å². The molecule has 7 nitrogen and oxygen atoms in total. The van der Waals surface area contributed by atoms with Gasteiger partial charge in [0.15, 0.2) is 11.0 Å². The SMILES string of the molecule is C=CCn1c(S[C@@H](C)C(=O)NC(N)=O)nnc1-c1cc2c(s1)CC[C@@H](C(C)(C)C)C2. The van der Waals surface area contributed by atoms with Crippen LogP contribution in [-0.2, 0) is 24.2 Å². The summed E-state index contributed by atoms with van der Waals surface area (Å²) in [6, 6.07) is 1.39. The Morgan fingerprint density at radius 3 is 2.83 bits per heavy atom. The molecule has 2 aromatic heterocycles. The standard InChI is InChI=1S/C21H29N5O2S2/c1-6-9-26-17(24-25-20(26)29-12(2)18(27)23-19(22)28)16-11-13-10-14(21(3,4)5)7-8-15(13)30-16/h6,11-12,14H,1,7-10H2,2-5H3,(H3,22,23,27,28)/t12-,14+/m0/s1. The Kier molecular flexibility index (Phi) is 6.71. The van der Waals surface area contributed by atoms with Crippen LogP contribution in [0.25, 0.3) is 10.7 Å². The number of imide groups is 1. The summed E-state index contributed by atoms with van der Waals surface area (Å²) in [5.74, 6) is 1.00. The molecule has 2 aromatic rings. The molecule has 0 spiro atoms. The molecular weight excluding hydrogens is 418 g/mol. The predicted octanol–water partition coefficient (Wildman–Crippen LogP) is 4.02. The number of hydrogen-bond acceptors (Lipinski definition) is 6. The number of allylic oxidation sites excluding steroid dienone is 1. The van der Waals surface area contributed by atoms with Crippen LogP contribution in [-0.4, -0.2) is 32.0 Å². The predicted molar refractivity (Wildman–Crippen MR) is 122 cm³/mol. The number of amides is 3. The molecule has 0 aromatic carbocycles. The van der Waals surface area contributed by atoms with Crippen molar-refractivity contribution >= 4 is 35.0 Å². The third-order valence-corrected chi connectivity index (χ3v) is 7.77. The zero-order valence-corrected chi connectivity index (χ0v) is 19.5. The van der Waals surface area contributed by atoms with Gasteiger partial charge in [0.2, 0.25) is 5.91 Å². The van der Waals surface area contributed by atoms with E-state index in [1.807, 2.05) is 4.57 Å². The maximum absolute atomic E-state index is 12.0. The third kappa shape index (κ3) is 4.95. The van der Waals surface area contributed by atoms with E-state index in [0.29, 0.717) is 23.0 Å². The molecule has 0 unspecified atom stereocenters. The average molecular weight is 448 g/mol. The van der Waals surface area contributed by atoms with Gasteiger partial charge in [0.1, 0.15) is 0 Å². The lowest BCUT2D eigenvalue weighted by Crippen LogP contribution is -2.39. The molecule has 0 fully saturated rings. The molecule has 1 aliphatic carbocycles. The second-order valence-corrected chi connectivity index (χ2v) is 11.1. The van der Waals surface area contributed by atoms with Gasteiger partial charge in [0.05, 0.1) is 10.1 Å². The van der Waals surface area contributed by atoms with E-state index < -0.39 is 17.2 Å². The molecule has 1 aliphatic rings. The number of aryl methyl sites for hydroxylation is 1. The van der Waals surface area contributed by atoms with E-state index in [0.717, 1.165) is 23.5 Å². The first-order valence-electron chi connectivity index (χ1n) is 10.0. The quantitative estimate of drug-likeness (QED) is 0.514. The number of carbonyl (C=O) groups excluding carboxylic acids is 2. The lowest BCUT2D eigenvalue weighted by Gasteiger charge is -2.33. The second kappa shape index (κ2) is 8.93. The van der Waals surface area contributed by atoms with Gasteiger partial charge in [-0.25, -0.2) is 4.79 Å². The van der Waals surface area contributed by atoms with Gasteiger partial charge >= 0.3 is 6.03 Å². The largest absolute Gasteiger partial charge is 0.351 e. The molecular formula is C21H29N5O2S2. The lowest BCUT2D eigenvalue weighted by molar-refractivity contribution is -0.119. The fraction of sp³-hybridized carbons (Fsp3) is 0.524. The van der Waals surface area contributed by atoms with Crippen LogP contribution in [0, 0.1) is 11.3 Å². The molecule has 0 aliphatic heterocycles. The van der Waals surface area contributed by atoms with Crippen molar-refractivity contribution in [2.75, 3.05) is 0 Å². The number of nitrogens with zero attached hydrogens (tertiary/aromatic N) is 3. The highest BCUT2D eigenvalue weighted by Gasteiger charge is 2.30. The van der Waals surface area contributed by atoms with Crippen molar-refractivity contribution in [3.05, 3.63) is 29.2 Å². The number of thiophene rings is 1.